The molecule has 0 aliphatic heterocycles. The highest BCUT2D eigenvalue weighted by Crippen LogP contribution is 2.29. The Kier molecular flexibility index (Phi) is 4.04. The molecule has 0 saturated carbocycles. The van der Waals surface area contributed by atoms with Gasteiger partial charge in [-0.25, -0.2) is 4.98 Å². The van der Waals surface area contributed by atoms with E-state index in [1.165, 1.54) is 12.1 Å². The van der Waals surface area contributed by atoms with E-state index in [1.54, 1.807) is 18.2 Å². The molecule has 0 saturated heterocycles. The van der Waals surface area contributed by atoms with Gasteiger partial charge in [-0.15, -0.1) is 0 Å². The number of hydrogen-bond donors (Lipinski definition) is 2. The quantitative estimate of drug-likeness (QED) is 0.739. The molecule has 0 aliphatic rings. The largest absolute Gasteiger partial charge is 0.416 e. The van der Waals surface area contributed by atoms with Crippen LogP contribution in [0, 0.1) is 0 Å². The van der Waals surface area contributed by atoms with E-state index in [-0.39, 0.29) is 0 Å². The highest BCUT2D eigenvalue weighted by molar-refractivity contribution is 6.31. The third-order valence-electron chi connectivity index (χ3n) is 3.55. The number of fused-ring (bicyclic) bond motifs is 1. The molecule has 3 rings (SSSR count). The van der Waals surface area contributed by atoms with Gasteiger partial charge in [0.05, 0.1) is 22.6 Å². The predicted octanol–water partition coefficient (Wildman–Crippen LogP) is 4.48. The second-order valence-electron chi connectivity index (χ2n) is 5.29. The first-order valence-corrected chi connectivity index (χ1v) is 7.27. The van der Waals surface area contributed by atoms with Crippen molar-refractivity contribution in [1.29, 1.82) is 0 Å². The molecule has 7 heteroatoms. The Morgan fingerprint density at radius 1 is 1.13 bits per heavy atom. The van der Waals surface area contributed by atoms with E-state index in [1.807, 2.05) is 0 Å². The van der Waals surface area contributed by atoms with Gasteiger partial charge in [0.25, 0.3) is 0 Å². The van der Waals surface area contributed by atoms with Crippen LogP contribution in [0.2, 0.25) is 5.02 Å². The van der Waals surface area contributed by atoms with Crippen LogP contribution in [0.3, 0.4) is 0 Å². The number of nitrogens with one attached hydrogen (secondary N) is 1. The fourth-order valence-electron chi connectivity index (χ4n) is 2.35. The van der Waals surface area contributed by atoms with Crippen molar-refractivity contribution in [3.05, 3.63) is 64.4 Å². The first-order chi connectivity index (χ1) is 10.8. The summed E-state index contributed by atoms with van der Waals surface area (Å²) in [6, 6.07) is 9.80. The molecule has 3 N–H and O–H groups in total. The van der Waals surface area contributed by atoms with Gasteiger partial charge >= 0.3 is 6.18 Å². The van der Waals surface area contributed by atoms with Gasteiger partial charge in [0.1, 0.15) is 5.82 Å². The maximum atomic E-state index is 12.5. The molecule has 1 aromatic heterocycles. The van der Waals surface area contributed by atoms with Crippen molar-refractivity contribution in [2.45, 2.75) is 18.6 Å². The van der Waals surface area contributed by atoms with Crippen LogP contribution in [0.4, 0.5) is 13.2 Å². The summed E-state index contributed by atoms with van der Waals surface area (Å²) in [6.45, 7) is 0. The van der Waals surface area contributed by atoms with E-state index >= 15 is 0 Å². The molecule has 2 aromatic carbocycles. The Bertz CT molecular complexity index is 825. The summed E-state index contributed by atoms with van der Waals surface area (Å²) in [5.74, 6) is 0.571. The van der Waals surface area contributed by atoms with Crippen LogP contribution in [-0.2, 0) is 12.6 Å². The number of hydrogen-bond acceptors (Lipinski definition) is 2. The third-order valence-corrected chi connectivity index (χ3v) is 3.79. The van der Waals surface area contributed by atoms with Gasteiger partial charge in [-0.1, -0.05) is 23.7 Å². The fourth-order valence-corrected chi connectivity index (χ4v) is 2.52. The Morgan fingerprint density at radius 3 is 2.48 bits per heavy atom. The van der Waals surface area contributed by atoms with Crippen LogP contribution < -0.4 is 5.73 Å². The summed E-state index contributed by atoms with van der Waals surface area (Å²) in [7, 11) is 0. The minimum Gasteiger partial charge on any atom is -0.341 e. The Labute approximate surface area is 135 Å². The first kappa shape index (κ1) is 15.8. The zero-order valence-electron chi connectivity index (χ0n) is 11.9. The van der Waals surface area contributed by atoms with Gasteiger partial charge in [-0.3, -0.25) is 0 Å². The summed E-state index contributed by atoms with van der Waals surface area (Å²) < 4.78 is 37.6. The van der Waals surface area contributed by atoms with Gasteiger partial charge in [-0.05, 0) is 42.3 Å². The second-order valence-corrected chi connectivity index (χ2v) is 5.73. The summed E-state index contributed by atoms with van der Waals surface area (Å²) in [5, 5.41) is 0.576. The topological polar surface area (TPSA) is 54.7 Å². The summed E-state index contributed by atoms with van der Waals surface area (Å²) >= 11 is 5.91. The average Bonchev–Trinajstić information content (AvgIpc) is 2.90. The molecule has 0 spiro atoms. The molecule has 0 bridgehead atoms. The van der Waals surface area contributed by atoms with E-state index in [0.717, 1.165) is 17.6 Å². The van der Waals surface area contributed by atoms with Crippen molar-refractivity contribution in [2.75, 3.05) is 0 Å². The summed E-state index contributed by atoms with van der Waals surface area (Å²) in [4.78, 5) is 7.49. The first-order valence-electron chi connectivity index (χ1n) is 6.90. The molecule has 0 amide bonds. The van der Waals surface area contributed by atoms with Crippen LogP contribution in [0.5, 0.6) is 0 Å². The van der Waals surface area contributed by atoms with Gasteiger partial charge in [0.2, 0.25) is 0 Å². The predicted molar refractivity (Wildman–Crippen MR) is 83.2 cm³/mol. The maximum Gasteiger partial charge on any atom is 0.416 e. The molecule has 0 unspecified atom stereocenters. The molecule has 0 aliphatic carbocycles. The smallest absolute Gasteiger partial charge is 0.341 e. The van der Waals surface area contributed by atoms with Gasteiger partial charge < -0.3 is 10.7 Å². The number of halogens is 4. The van der Waals surface area contributed by atoms with Crippen molar-refractivity contribution in [1.82, 2.24) is 9.97 Å². The zero-order chi connectivity index (χ0) is 16.6. The van der Waals surface area contributed by atoms with E-state index in [0.29, 0.717) is 28.3 Å². The lowest BCUT2D eigenvalue weighted by atomic mass is 10.0. The van der Waals surface area contributed by atoms with Gasteiger partial charge in [0.15, 0.2) is 0 Å². The lowest BCUT2D eigenvalue weighted by Crippen LogP contribution is -2.15. The van der Waals surface area contributed by atoms with Crippen molar-refractivity contribution in [3.8, 4) is 0 Å². The van der Waals surface area contributed by atoms with Gasteiger partial charge in [-0.2, -0.15) is 13.2 Å². The van der Waals surface area contributed by atoms with Crippen LogP contribution in [0.15, 0.2) is 42.5 Å². The number of aromatic nitrogens is 2. The molecule has 23 heavy (non-hydrogen) atoms. The Hall–Kier alpha value is -2.05. The van der Waals surface area contributed by atoms with Gasteiger partial charge in [0, 0.05) is 5.02 Å². The second kappa shape index (κ2) is 5.86. The van der Waals surface area contributed by atoms with Crippen LogP contribution in [0.1, 0.15) is 23.0 Å². The summed E-state index contributed by atoms with van der Waals surface area (Å²) in [6.07, 6.45) is -3.95. The number of aromatic amines is 1. The molecule has 0 radical (unpaired) electrons. The SMILES string of the molecule is N[C@@H](Cc1ccc(C(F)(F)F)cc1)c1nc2cc(Cl)ccc2[nH]1. The van der Waals surface area contributed by atoms with Crippen molar-refractivity contribution in [3.63, 3.8) is 0 Å². The number of nitrogens with two attached hydrogens (primary N) is 1. The number of benzene rings is 2. The number of rotatable bonds is 3. The van der Waals surface area contributed by atoms with E-state index < -0.39 is 17.8 Å². The maximum absolute atomic E-state index is 12.5. The molecule has 3 aromatic rings. The Morgan fingerprint density at radius 2 is 1.83 bits per heavy atom. The van der Waals surface area contributed by atoms with Crippen molar-refractivity contribution < 1.29 is 13.2 Å². The average molecular weight is 340 g/mol. The lowest BCUT2D eigenvalue weighted by Gasteiger charge is -2.10. The standard InChI is InChI=1S/C16H13ClF3N3/c17-11-5-6-13-14(8-11)23-15(22-13)12(21)7-9-1-3-10(4-2-9)16(18,19)20/h1-6,8,12H,7,21H2,(H,22,23)/t12-/m0/s1. The highest BCUT2D eigenvalue weighted by atomic mass is 35.5. The van der Waals surface area contributed by atoms with Crippen LogP contribution in [0.25, 0.3) is 11.0 Å². The minimum atomic E-state index is -4.33. The number of nitrogens with zero attached hydrogens (tertiary/aromatic N) is 1. The molecule has 3 nitrogen and oxygen atoms in total. The molecular formula is C16H13ClF3N3. The van der Waals surface area contributed by atoms with E-state index in [2.05, 4.69) is 9.97 Å². The summed E-state index contributed by atoms with van der Waals surface area (Å²) in [5.41, 5.74) is 7.66. The normalized spacial score (nSPS) is 13.4. The Balaban J connectivity index is 1.78. The zero-order valence-corrected chi connectivity index (χ0v) is 12.6. The third kappa shape index (κ3) is 3.48. The van der Waals surface area contributed by atoms with Crippen molar-refractivity contribution in [2.24, 2.45) is 5.73 Å². The highest BCUT2D eigenvalue weighted by Gasteiger charge is 2.30. The minimum absolute atomic E-state index is 0.381. The van der Waals surface area contributed by atoms with Crippen molar-refractivity contribution >= 4 is 22.6 Å². The fraction of sp³-hybridized carbons (Fsp3) is 0.188. The lowest BCUT2D eigenvalue weighted by molar-refractivity contribution is -0.137. The number of imidazole rings is 1. The van der Waals surface area contributed by atoms with E-state index in [4.69, 9.17) is 17.3 Å². The molecule has 0 fully saturated rings. The van der Waals surface area contributed by atoms with E-state index in [9.17, 15) is 13.2 Å². The molecular weight excluding hydrogens is 327 g/mol. The number of H-pyrrole nitrogens is 1. The van der Waals surface area contributed by atoms with Crippen LogP contribution >= 0.6 is 11.6 Å². The molecule has 120 valence electrons. The molecule has 1 heterocycles. The number of alkyl halides is 3. The molecule has 1 atom stereocenters. The van der Waals surface area contributed by atoms with Crippen LogP contribution in [-0.4, -0.2) is 9.97 Å². The monoisotopic (exact) mass is 339 g/mol.